The third-order valence-corrected chi connectivity index (χ3v) is 5.20. The van der Waals surface area contributed by atoms with Crippen LogP contribution in [0, 0.1) is 17.7 Å². The Bertz CT molecular complexity index is 686. The number of halogens is 1. The van der Waals surface area contributed by atoms with Crippen molar-refractivity contribution in [2.75, 3.05) is 31.1 Å². The first-order valence-corrected chi connectivity index (χ1v) is 8.27. The molecule has 1 aromatic rings. The molecule has 2 amide bonds. The fraction of sp³-hybridized carbons (Fsp3) is 0.529. The Morgan fingerprint density at radius 2 is 2.17 bits per heavy atom. The van der Waals surface area contributed by atoms with Gasteiger partial charge in [-0.25, -0.2) is 9.18 Å². The van der Waals surface area contributed by atoms with Crippen LogP contribution in [0.2, 0.25) is 0 Å². The molecule has 2 N–H and O–H groups in total. The van der Waals surface area contributed by atoms with Gasteiger partial charge >= 0.3 is 6.09 Å². The standard InChI is InChI=1S/C17H20FN3O3/c1-9(22)20-5-11-8-21(17(23)24-11)10-2-3-12(15(18)4-10)16-13-6-19-7-14(13)16/h2-4,11,13-14,16,19H,5-8H2,1H3,(H,20,22)/t11-,13-,14+,16+/m0/s1. The molecule has 0 aromatic heterocycles. The number of carbonyl (C=O) groups is 2. The minimum absolute atomic E-state index is 0.177. The number of benzene rings is 1. The summed E-state index contributed by atoms with van der Waals surface area (Å²) in [7, 11) is 0. The SMILES string of the molecule is CC(=O)NC[C@H]1CN(c2ccc([C@H]3[C@@H]4CNC[C@@H]43)c(F)c2)C(=O)O1. The van der Waals surface area contributed by atoms with E-state index in [0.29, 0.717) is 30.0 Å². The summed E-state index contributed by atoms with van der Waals surface area (Å²) in [4.78, 5) is 24.4. The molecule has 4 atom stereocenters. The number of ether oxygens (including phenoxy) is 1. The topological polar surface area (TPSA) is 70.7 Å². The molecule has 2 saturated heterocycles. The van der Waals surface area contributed by atoms with Gasteiger partial charge in [-0.2, -0.15) is 0 Å². The number of cyclic esters (lactones) is 1. The molecule has 0 bridgehead atoms. The highest BCUT2D eigenvalue weighted by molar-refractivity contribution is 5.89. The van der Waals surface area contributed by atoms with Gasteiger partial charge in [0.15, 0.2) is 0 Å². The van der Waals surface area contributed by atoms with Crippen LogP contribution < -0.4 is 15.5 Å². The van der Waals surface area contributed by atoms with Crippen molar-refractivity contribution in [3.63, 3.8) is 0 Å². The van der Waals surface area contributed by atoms with Crippen molar-refractivity contribution in [3.8, 4) is 0 Å². The van der Waals surface area contributed by atoms with E-state index in [1.54, 1.807) is 12.1 Å². The normalized spacial score (nSPS) is 30.9. The zero-order chi connectivity index (χ0) is 16.8. The molecule has 3 aliphatic rings. The molecule has 2 heterocycles. The summed E-state index contributed by atoms with van der Waals surface area (Å²) in [6.07, 6.45) is -0.928. The average Bonchev–Trinajstić information content (AvgIpc) is 2.88. The van der Waals surface area contributed by atoms with Crippen LogP contribution in [0.4, 0.5) is 14.9 Å². The van der Waals surface area contributed by atoms with E-state index in [9.17, 15) is 14.0 Å². The molecule has 0 unspecified atom stereocenters. The summed E-state index contributed by atoms with van der Waals surface area (Å²) in [5, 5.41) is 5.93. The van der Waals surface area contributed by atoms with Gasteiger partial charge in [-0.1, -0.05) is 6.07 Å². The first kappa shape index (κ1) is 15.4. The molecule has 1 aliphatic carbocycles. The van der Waals surface area contributed by atoms with Gasteiger partial charge in [0.1, 0.15) is 11.9 Å². The van der Waals surface area contributed by atoms with Crippen LogP contribution in [-0.4, -0.2) is 44.3 Å². The molecule has 0 spiro atoms. The van der Waals surface area contributed by atoms with Crippen LogP contribution in [0.1, 0.15) is 18.4 Å². The third-order valence-electron chi connectivity index (χ3n) is 5.20. The number of hydrogen-bond acceptors (Lipinski definition) is 4. The van der Waals surface area contributed by atoms with Gasteiger partial charge in [0.25, 0.3) is 0 Å². The van der Waals surface area contributed by atoms with E-state index in [0.717, 1.165) is 18.7 Å². The number of piperidine rings is 1. The molecule has 3 fully saturated rings. The molecule has 1 saturated carbocycles. The largest absolute Gasteiger partial charge is 0.442 e. The van der Waals surface area contributed by atoms with Crippen molar-refractivity contribution in [2.24, 2.45) is 11.8 Å². The third kappa shape index (κ3) is 2.62. The minimum atomic E-state index is -0.509. The Balaban J connectivity index is 1.46. The van der Waals surface area contributed by atoms with E-state index in [4.69, 9.17) is 4.74 Å². The lowest BCUT2D eigenvalue weighted by molar-refractivity contribution is -0.119. The molecule has 0 radical (unpaired) electrons. The lowest BCUT2D eigenvalue weighted by atomic mass is 10.1. The second-order valence-electron chi connectivity index (χ2n) is 6.77. The predicted octanol–water partition coefficient (Wildman–Crippen LogP) is 1.22. The van der Waals surface area contributed by atoms with Gasteiger partial charge in [-0.05, 0) is 48.5 Å². The number of amides is 2. The Morgan fingerprint density at radius 1 is 1.42 bits per heavy atom. The number of nitrogens with one attached hydrogen (secondary N) is 2. The second kappa shape index (κ2) is 5.73. The second-order valence-corrected chi connectivity index (χ2v) is 6.77. The fourth-order valence-electron chi connectivity index (χ4n) is 3.93. The van der Waals surface area contributed by atoms with Crippen molar-refractivity contribution in [1.29, 1.82) is 0 Å². The lowest BCUT2D eigenvalue weighted by Gasteiger charge is -2.15. The Labute approximate surface area is 139 Å². The van der Waals surface area contributed by atoms with Crippen LogP contribution in [0.3, 0.4) is 0 Å². The molecule has 128 valence electrons. The highest BCUT2D eigenvalue weighted by Gasteiger charge is 2.54. The van der Waals surface area contributed by atoms with E-state index in [2.05, 4.69) is 10.6 Å². The monoisotopic (exact) mass is 333 g/mol. The predicted molar refractivity (Wildman–Crippen MR) is 85.3 cm³/mol. The summed E-state index contributed by atoms with van der Waals surface area (Å²) in [5.41, 5.74) is 1.24. The van der Waals surface area contributed by atoms with E-state index < -0.39 is 12.2 Å². The lowest BCUT2D eigenvalue weighted by Crippen LogP contribution is -2.33. The number of rotatable bonds is 4. The van der Waals surface area contributed by atoms with Crippen molar-refractivity contribution in [2.45, 2.75) is 18.9 Å². The summed E-state index contributed by atoms with van der Waals surface area (Å²) >= 11 is 0. The van der Waals surface area contributed by atoms with Crippen LogP contribution in [-0.2, 0) is 9.53 Å². The zero-order valence-electron chi connectivity index (χ0n) is 13.4. The van der Waals surface area contributed by atoms with Gasteiger partial charge in [0.05, 0.1) is 18.8 Å². The van der Waals surface area contributed by atoms with E-state index in [-0.39, 0.29) is 18.3 Å². The first-order valence-electron chi connectivity index (χ1n) is 8.27. The first-order chi connectivity index (χ1) is 11.5. The molecule has 24 heavy (non-hydrogen) atoms. The molecule has 7 heteroatoms. The van der Waals surface area contributed by atoms with E-state index >= 15 is 0 Å². The van der Waals surface area contributed by atoms with Crippen molar-refractivity contribution in [3.05, 3.63) is 29.6 Å². The Morgan fingerprint density at radius 3 is 2.83 bits per heavy atom. The van der Waals surface area contributed by atoms with E-state index in [1.165, 1.54) is 17.9 Å². The molecular formula is C17H20FN3O3. The summed E-state index contributed by atoms with van der Waals surface area (Å²) < 4.78 is 19.7. The molecule has 2 aliphatic heterocycles. The molecular weight excluding hydrogens is 313 g/mol. The van der Waals surface area contributed by atoms with Gasteiger partial charge in [-0.3, -0.25) is 9.69 Å². The van der Waals surface area contributed by atoms with Crippen LogP contribution in [0.5, 0.6) is 0 Å². The number of hydrogen-bond donors (Lipinski definition) is 2. The van der Waals surface area contributed by atoms with Crippen LogP contribution in [0.25, 0.3) is 0 Å². The van der Waals surface area contributed by atoms with Crippen molar-refractivity contribution in [1.82, 2.24) is 10.6 Å². The van der Waals surface area contributed by atoms with Crippen molar-refractivity contribution >= 4 is 17.7 Å². The summed E-state index contributed by atoms with van der Waals surface area (Å²) in [6.45, 7) is 3.89. The molecule has 4 rings (SSSR count). The van der Waals surface area contributed by atoms with Gasteiger partial charge in [0, 0.05) is 6.92 Å². The number of carbonyl (C=O) groups excluding carboxylic acids is 2. The van der Waals surface area contributed by atoms with Crippen LogP contribution >= 0.6 is 0 Å². The fourth-order valence-corrected chi connectivity index (χ4v) is 3.93. The maximum Gasteiger partial charge on any atom is 0.414 e. The average molecular weight is 333 g/mol. The quantitative estimate of drug-likeness (QED) is 0.869. The maximum atomic E-state index is 14.5. The summed E-state index contributed by atoms with van der Waals surface area (Å²) in [5.74, 6) is 0.959. The molecule has 1 aromatic carbocycles. The van der Waals surface area contributed by atoms with Crippen molar-refractivity contribution < 1.29 is 18.7 Å². The number of fused-ring (bicyclic) bond motifs is 1. The number of anilines is 1. The van der Waals surface area contributed by atoms with Gasteiger partial charge < -0.3 is 15.4 Å². The Kier molecular flexibility index (Phi) is 3.68. The van der Waals surface area contributed by atoms with Gasteiger partial charge in [0.2, 0.25) is 5.91 Å². The van der Waals surface area contributed by atoms with Crippen LogP contribution in [0.15, 0.2) is 18.2 Å². The zero-order valence-corrected chi connectivity index (χ0v) is 13.4. The highest BCUT2D eigenvalue weighted by atomic mass is 19.1. The maximum absolute atomic E-state index is 14.5. The Hall–Kier alpha value is -2.15. The highest BCUT2D eigenvalue weighted by Crippen LogP contribution is 2.56. The summed E-state index contributed by atoms with van der Waals surface area (Å²) in [6, 6.07) is 4.99. The van der Waals surface area contributed by atoms with E-state index in [1.807, 2.05) is 0 Å². The number of nitrogens with zero attached hydrogens (tertiary/aromatic N) is 1. The minimum Gasteiger partial charge on any atom is -0.442 e. The van der Waals surface area contributed by atoms with Gasteiger partial charge in [-0.15, -0.1) is 0 Å². The molecule has 6 nitrogen and oxygen atoms in total. The smallest absolute Gasteiger partial charge is 0.414 e.